The van der Waals surface area contributed by atoms with Crippen molar-refractivity contribution in [2.45, 2.75) is 57.9 Å². The number of hydrogen-bond donors (Lipinski definition) is 0. The molecule has 0 radical (unpaired) electrons. The van der Waals surface area contributed by atoms with Crippen LogP contribution in [0.25, 0.3) is 11.0 Å². The van der Waals surface area contributed by atoms with Gasteiger partial charge in [-0.05, 0) is 49.6 Å². The number of pyridine rings is 1. The van der Waals surface area contributed by atoms with Crippen LogP contribution in [0.5, 0.6) is 0 Å². The molecule has 36 heavy (non-hydrogen) atoms. The van der Waals surface area contributed by atoms with Gasteiger partial charge in [-0.3, -0.25) is 9.47 Å². The van der Waals surface area contributed by atoms with Crippen molar-refractivity contribution in [3.8, 4) is 6.07 Å². The molecule has 0 bridgehead atoms. The number of nitriles is 1. The summed E-state index contributed by atoms with van der Waals surface area (Å²) in [6.45, 7) is 7.36. The maximum atomic E-state index is 13.1. The summed E-state index contributed by atoms with van der Waals surface area (Å²) in [6, 6.07) is 10.8. The highest BCUT2D eigenvalue weighted by molar-refractivity contribution is 5.86. The fourth-order valence-corrected chi connectivity index (χ4v) is 5.13. The molecule has 1 aromatic carbocycles. The van der Waals surface area contributed by atoms with Gasteiger partial charge in [0.05, 0.1) is 11.1 Å². The lowest BCUT2D eigenvalue weighted by molar-refractivity contribution is -0.137. The highest BCUT2D eigenvalue weighted by Gasteiger charge is 2.37. The van der Waals surface area contributed by atoms with E-state index in [4.69, 9.17) is 0 Å². The summed E-state index contributed by atoms with van der Waals surface area (Å²) in [7, 11) is 1.63. The van der Waals surface area contributed by atoms with Crippen molar-refractivity contribution in [2.24, 2.45) is 7.05 Å². The van der Waals surface area contributed by atoms with E-state index in [1.54, 1.807) is 31.3 Å². The number of fused-ring (bicyclic) bond motifs is 1. The number of rotatable bonds is 5. The van der Waals surface area contributed by atoms with E-state index in [2.05, 4.69) is 32.8 Å². The van der Waals surface area contributed by atoms with Crippen molar-refractivity contribution in [3.63, 3.8) is 0 Å². The van der Waals surface area contributed by atoms with E-state index in [9.17, 15) is 23.2 Å². The van der Waals surface area contributed by atoms with Gasteiger partial charge in [0.15, 0.2) is 5.82 Å². The Morgan fingerprint density at radius 2 is 1.81 bits per heavy atom. The second-order valence-corrected chi connectivity index (χ2v) is 9.26. The van der Waals surface area contributed by atoms with Crippen LogP contribution in [0.15, 0.2) is 41.2 Å². The maximum Gasteiger partial charge on any atom is 0.416 e. The smallest absolute Gasteiger partial charge is 0.349 e. The number of anilines is 1. The highest BCUT2D eigenvalue weighted by atomic mass is 19.4. The number of benzene rings is 1. The predicted molar refractivity (Wildman–Crippen MR) is 132 cm³/mol. The Bertz CT molecular complexity index is 1350. The molecule has 4 rings (SSSR count). The standard InChI is InChI=1S/C26H29F3N6O/c1-5-20-15-34(24-23-22(33(4)25(36)32-24)12-11-19(13-30)31-23)16(3)14-35(20)21(6-2)17-7-9-18(10-8-17)26(27,28)29/h7-12,16,20-21H,5-6,14-15H2,1-4H3/t16-,20+,21+/m0/s1. The zero-order chi connectivity index (χ0) is 26.2. The van der Waals surface area contributed by atoms with Crippen molar-refractivity contribution in [3.05, 3.63) is 63.7 Å². The second-order valence-electron chi connectivity index (χ2n) is 9.26. The van der Waals surface area contributed by atoms with Crippen LogP contribution in [0.1, 0.15) is 56.5 Å². The fraction of sp³-hybridized carbons (Fsp3) is 0.462. The van der Waals surface area contributed by atoms with Gasteiger partial charge in [-0.1, -0.05) is 26.0 Å². The number of piperazine rings is 1. The molecule has 0 aliphatic carbocycles. The number of aromatic nitrogens is 3. The van der Waals surface area contributed by atoms with Crippen molar-refractivity contribution in [2.75, 3.05) is 18.0 Å². The summed E-state index contributed by atoms with van der Waals surface area (Å²) in [6.07, 6.45) is -2.82. The quantitative estimate of drug-likeness (QED) is 0.509. The lowest BCUT2D eigenvalue weighted by atomic mass is 9.95. The van der Waals surface area contributed by atoms with E-state index in [1.165, 1.54) is 4.57 Å². The predicted octanol–water partition coefficient (Wildman–Crippen LogP) is 4.66. The van der Waals surface area contributed by atoms with Crippen LogP contribution in [0.4, 0.5) is 19.0 Å². The molecule has 2 aromatic heterocycles. The van der Waals surface area contributed by atoms with Crippen molar-refractivity contribution in [1.82, 2.24) is 19.4 Å². The van der Waals surface area contributed by atoms with Gasteiger partial charge in [-0.15, -0.1) is 0 Å². The van der Waals surface area contributed by atoms with Crippen LogP contribution >= 0.6 is 0 Å². The second kappa shape index (κ2) is 9.90. The van der Waals surface area contributed by atoms with Crippen LogP contribution in [0, 0.1) is 11.3 Å². The van der Waals surface area contributed by atoms with Gasteiger partial charge in [0, 0.05) is 38.3 Å². The Morgan fingerprint density at radius 1 is 1.11 bits per heavy atom. The van der Waals surface area contributed by atoms with Crippen LogP contribution in [-0.4, -0.2) is 44.6 Å². The van der Waals surface area contributed by atoms with Gasteiger partial charge in [-0.25, -0.2) is 9.78 Å². The largest absolute Gasteiger partial charge is 0.416 e. The Balaban J connectivity index is 1.69. The molecule has 0 N–H and O–H groups in total. The first-order valence-electron chi connectivity index (χ1n) is 12.1. The number of nitrogens with zero attached hydrogens (tertiary/aromatic N) is 6. The first-order valence-corrected chi connectivity index (χ1v) is 12.1. The molecule has 0 unspecified atom stereocenters. The first kappa shape index (κ1) is 25.6. The molecule has 7 nitrogen and oxygen atoms in total. The molecule has 1 aliphatic heterocycles. The first-order chi connectivity index (χ1) is 17.1. The number of aryl methyl sites for hydroxylation is 1. The highest BCUT2D eigenvalue weighted by Crippen LogP contribution is 2.36. The Morgan fingerprint density at radius 3 is 2.39 bits per heavy atom. The summed E-state index contributed by atoms with van der Waals surface area (Å²) >= 11 is 0. The number of halogens is 3. The van der Waals surface area contributed by atoms with Crippen molar-refractivity contribution in [1.29, 1.82) is 5.26 Å². The van der Waals surface area contributed by atoms with Crippen molar-refractivity contribution < 1.29 is 13.2 Å². The zero-order valence-corrected chi connectivity index (χ0v) is 20.8. The molecule has 1 aliphatic rings. The van der Waals surface area contributed by atoms with E-state index < -0.39 is 17.4 Å². The van der Waals surface area contributed by atoms with E-state index in [-0.39, 0.29) is 23.8 Å². The summed E-state index contributed by atoms with van der Waals surface area (Å²) < 4.78 is 40.6. The van der Waals surface area contributed by atoms with Crippen LogP contribution in [-0.2, 0) is 13.2 Å². The van der Waals surface area contributed by atoms with Crippen LogP contribution in [0.2, 0.25) is 0 Å². The molecule has 1 saturated heterocycles. The summed E-state index contributed by atoms with van der Waals surface area (Å²) in [4.78, 5) is 25.9. The zero-order valence-electron chi connectivity index (χ0n) is 20.8. The molecule has 3 heterocycles. The molecule has 0 spiro atoms. The van der Waals surface area contributed by atoms with E-state index in [1.807, 2.05) is 13.8 Å². The van der Waals surface area contributed by atoms with Crippen LogP contribution < -0.4 is 10.6 Å². The summed E-state index contributed by atoms with van der Waals surface area (Å²) in [5.74, 6) is 0.457. The molecular formula is C26H29F3N6O. The Kier molecular flexibility index (Phi) is 7.05. The third kappa shape index (κ3) is 4.67. The van der Waals surface area contributed by atoms with Crippen molar-refractivity contribution >= 4 is 16.9 Å². The van der Waals surface area contributed by atoms with Gasteiger partial charge < -0.3 is 4.90 Å². The molecule has 1 fully saturated rings. The van der Waals surface area contributed by atoms with Gasteiger partial charge in [0.2, 0.25) is 0 Å². The number of alkyl halides is 3. The lowest BCUT2D eigenvalue weighted by Gasteiger charge is -2.49. The molecule has 3 atom stereocenters. The van der Waals surface area contributed by atoms with Gasteiger partial charge >= 0.3 is 11.9 Å². The third-order valence-corrected chi connectivity index (χ3v) is 7.09. The Labute approximate surface area is 207 Å². The normalized spacial score (nSPS) is 19.9. The van der Waals surface area contributed by atoms with Gasteiger partial charge in [0.25, 0.3) is 0 Å². The molecular weight excluding hydrogens is 469 g/mol. The third-order valence-electron chi connectivity index (χ3n) is 7.09. The fourth-order valence-electron chi connectivity index (χ4n) is 5.13. The summed E-state index contributed by atoms with van der Waals surface area (Å²) in [5, 5.41) is 9.36. The molecule has 190 valence electrons. The number of hydrogen-bond acceptors (Lipinski definition) is 6. The minimum atomic E-state index is -4.37. The van der Waals surface area contributed by atoms with Gasteiger partial charge in [0.1, 0.15) is 17.3 Å². The maximum absolute atomic E-state index is 13.1. The minimum Gasteiger partial charge on any atom is -0.349 e. The SMILES string of the molecule is CC[C@@H]1CN(c2nc(=O)n(C)c3ccc(C#N)nc23)[C@@H](C)CN1[C@H](CC)c1ccc(C(F)(F)F)cc1. The lowest BCUT2D eigenvalue weighted by Crippen LogP contribution is -2.58. The molecule has 3 aromatic rings. The Hall–Kier alpha value is -3.45. The summed E-state index contributed by atoms with van der Waals surface area (Å²) in [5.41, 5.74) is 1.14. The average Bonchev–Trinajstić information content (AvgIpc) is 2.86. The van der Waals surface area contributed by atoms with E-state index >= 15 is 0 Å². The molecule has 0 amide bonds. The molecule has 10 heteroatoms. The van der Waals surface area contributed by atoms with E-state index in [0.29, 0.717) is 29.9 Å². The van der Waals surface area contributed by atoms with E-state index in [0.717, 1.165) is 30.5 Å². The topological polar surface area (TPSA) is 78.0 Å². The molecule has 0 saturated carbocycles. The average molecular weight is 499 g/mol. The monoisotopic (exact) mass is 498 g/mol. The van der Waals surface area contributed by atoms with Gasteiger partial charge in [-0.2, -0.15) is 23.4 Å². The van der Waals surface area contributed by atoms with Crippen LogP contribution in [0.3, 0.4) is 0 Å². The minimum absolute atomic E-state index is 0.0431.